The number of rotatable bonds is 5. The Morgan fingerprint density at radius 2 is 2.19 bits per heavy atom. The average Bonchev–Trinajstić information content (AvgIpc) is 2.67. The minimum absolute atomic E-state index is 0.0570. The van der Waals surface area contributed by atoms with Gasteiger partial charge in [0, 0.05) is 29.9 Å². The van der Waals surface area contributed by atoms with Crippen LogP contribution in [0.15, 0.2) is 42.6 Å². The lowest BCUT2D eigenvalue weighted by Gasteiger charge is -2.32. The van der Waals surface area contributed by atoms with Crippen molar-refractivity contribution >= 4 is 23.6 Å². The molecule has 136 valence electrons. The number of ether oxygens (including phenoxy) is 2. The summed E-state index contributed by atoms with van der Waals surface area (Å²) < 4.78 is 10.9. The predicted octanol–water partition coefficient (Wildman–Crippen LogP) is 3.22. The van der Waals surface area contributed by atoms with E-state index in [0.717, 1.165) is 18.4 Å². The first-order valence-corrected chi connectivity index (χ1v) is 8.78. The maximum atomic E-state index is 12.5. The van der Waals surface area contributed by atoms with Gasteiger partial charge >= 0.3 is 6.01 Å². The van der Waals surface area contributed by atoms with Gasteiger partial charge in [0.2, 0.25) is 11.8 Å². The molecule has 1 atom stereocenters. The Labute approximate surface area is 157 Å². The van der Waals surface area contributed by atoms with Crippen molar-refractivity contribution in [1.29, 1.82) is 0 Å². The number of likely N-dealkylation sites (tertiary alicyclic amines) is 1. The lowest BCUT2D eigenvalue weighted by atomic mass is 10.1. The first-order valence-electron chi connectivity index (χ1n) is 8.41. The summed E-state index contributed by atoms with van der Waals surface area (Å²) in [4.78, 5) is 22.4. The van der Waals surface area contributed by atoms with Crippen LogP contribution in [-0.2, 0) is 4.79 Å². The Morgan fingerprint density at radius 1 is 1.35 bits per heavy atom. The lowest BCUT2D eigenvalue weighted by Crippen LogP contribution is -2.43. The molecule has 0 N–H and O–H groups in total. The van der Waals surface area contributed by atoms with Crippen LogP contribution in [0, 0.1) is 0 Å². The molecule has 2 aromatic rings. The van der Waals surface area contributed by atoms with Gasteiger partial charge in [0.15, 0.2) is 0 Å². The molecule has 0 spiro atoms. The first-order chi connectivity index (χ1) is 12.7. The van der Waals surface area contributed by atoms with Crippen molar-refractivity contribution in [3.8, 4) is 11.9 Å². The van der Waals surface area contributed by atoms with Crippen LogP contribution in [0.4, 0.5) is 0 Å². The second-order valence-electron chi connectivity index (χ2n) is 5.90. The number of benzene rings is 1. The van der Waals surface area contributed by atoms with E-state index in [2.05, 4.69) is 9.97 Å². The van der Waals surface area contributed by atoms with E-state index in [0.29, 0.717) is 24.0 Å². The van der Waals surface area contributed by atoms with Gasteiger partial charge in [-0.1, -0.05) is 29.8 Å². The molecule has 1 unspecified atom stereocenters. The molecule has 2 heterocycles. The van der Waals surface area contributed by atoms with Crippen molar-refractivity contribution < 1.29 is 14.3 Å². The van der Waals surface area contributed by atoms with Crippen LogP contribution in [-0.4, -0.2) is 47.1 Å². The molecule has 26 heavy (non-hydrogen) atoms. The number of carbonyl (C=O) groups is 1. The monoisotopic (exact) mass is 373 g/mol. The molecule has 1 amide bonds. The number of carbonyl (C=O) groups excluding carboxylic acids is 1. The van der Waals surface area contributed by atoms with Crippen LogP contribution in [0.25, 0.3) is 6.08 Å². The Balaban J connectivity index is 1.60. The number of hydrogen-bond acceptors (Lipinski definition) is 5. The van der Waals surface area contributed by atoms with Crippen molar-refractivity contribution in [2.24, 2.45) is 0 Å². The molecule has 0 saturated carbocycles. The summed E-state index contributed by atoms with van der Waals surface area (Å²) >= 11 is 6.11. The normalized spacial score (nSPS) is 17.3. The SMILES string of the molecule is COc1nccc(OC2CCCN(C(=O)/C=C/c3ccccc3Cl)C2)n1. The number of piperidine rings is 1. The number of methoxy groups -OCH3 is 1. The zero-order valence-electron chi connectivity index (χ0n) is 14.5. The summed E-state index contributed by atoms with van der Waals surface area (Å²) in [7, 11) is 1.51. The van der Waals surface area contributed by atoms with Crippen LogP contribution >= 0.6 is 11.6 Å². The molecular formula is C19H20ClN3O3. The molecule has 7 heteroatoms. The molecule has 0 radical (unpaired) electrons. The molecule has 1 saturated heterocycles. The summed E-state index contributed by atoms with van der Waals surface area (Å²) in [5.41, 5.74) is 0.820. The van der Waals surface area contributed by atoms with Crippen LogP contribution in [0.2, 0.25) is 5.02 Å². The molecular weight excluding hydrogens is 354 g/mol. The van der Waals surface area contributed by atoms with E-state index in [4.69, 9.17) is 21.1 Å². The largest absolute Gasteiger partial charge is 0.472 e. The number of amides is 1. The highest BCUT2D eigenvalue weighted by atomic mass is 35.5. The van der Waals surface area contributed by atoms with Crippen molar-refractivity contribution in [2.75, 3.05) is 20.2 Å². The molecule has 1 fully saturated rings. The smallest absolute Gasteiger partial charge is 0.319 e. The van der Waals surface area contributed by atoms with Gasteiger partial charge in [-0.2, -0.15) is 4.98 Å². The molecule has 1 aromatic heterocycles. The molecule has 1 aliphatic rings. The van der Waals surface area contributed by atoms with Crippen LogP contribution in [0.1, 0.15) is 18.4 Å². The highest BCUT2D eigenvalue weighted by Gasteiger charge is 2.24. The molecule has 0 bridgehead atoms. The average molecular weight is 374 g/mol. The van der Waals surface area contributed by atoms with E-state index < -0.39 is 0 Å². The van der Waals surface area contributed by atoms with E-state index in [-0.39, 0.29) is 18.0 Å². The van der Waals surface area contributed by atoms with Gasteiger partial charge in [-0.05, 0) is 30.5 Å². The van der Waals surface area contributed by atoms with Gasteiger partial charge in [0.25, 0.3) is 0 Å². The molecule has 0 aliphatic carbocycles. The van der Waals surface area contributed by atoms with Crippen LogP contribution in [0.3, 0.4) is 0 Å². The summed E-state index contributed by atoms with van der Waals surface area (Å²) in [6, 6.07) is 9.35. The topological polar surface area (TPSA) is 64.6 Å². The maximum absolute atomic E-state index is 12.5. The number of aromatic nitrogens is 2. The van der Waals surface area contributed by atoms with E-state index in [1.54, 1.807) is 35.4 Å². The Hall–Kier alpha value is -2.60. The third-order valence-electron chi connectivity index (χ3n) is 4.08. The predicted molar refractivity (Wildman–Crippen MR) is 99.3 cm³/mol. The number of nitrogens with zero attached hydrogens (tertiary/aromatic N) is 3. The highest BCUT2D eigenvalue weighted by molar-refractivity contribution is 6.32. The zero-order valence-corrected chi connectivity index (χ0v) is 15.2. The molecule has 3 rings (SSSR count). The summed E-state index contributed by atoms with van der Waals surface area (Å²) in [6.07, 6.45) is 6.50. The third-order valence-corrected chi connectivity index (χ3v) is 4.42. The minimum Gasteiger partial charge on any atom is -0.472 e. The summed E-state index contributed by atoms with van der Waals surface area (Å²) in [5, 5.41) is 0.620. The third kappa shape index (κ3) is 4.73. The van der Waals surface area contributed by atoms with E-state index in [1.807, 2.05) is 18.2 Å². The highest BCUT2D eigenvalue weighted by Crippen LogP contribution is 2.19. The standard InChI is InChI=1S/C19H20ClN3O3/c1-25-19-21-11-10-17(22-19)26-15-6-4-12-23(13-15)18(24)9-8-14-5-2-3-7-16(14)20/h2-3,5,7-11,15H,4,6,12-13H2,1H3/b9-8+. The molecule has 6 nitrogen and oxygen atoms in total. The minimum atomic E-state index is -0.110. The van der Waals surface area contributed by atoms with Gasteiger partial charge in [0.05, 0.1) is 13.7 Å². The summed E-state index contributed by atoms with van der Waals surface area (Å²) in [6.45, 7) is 1.22. The second kappa shape index (κ2) is 8.67. The van der Waals surface area contributed by atoms with Gasteiger partial charge in [0.1, 0.15) is 6.10 Å². The summed E-state index contributed by atoms with van der Waals surface area (Å²) in [5.74, 6) is 0.390. The van der Waals surface area contributed by atoms with Crippen molar-refractivity contribution in [3.63, 3.8) is 0 Å². The quantitative estimate of drug-likeness (QED) is 0.753. The zero-order chi connectivity index (χ0) is 18.4. The Kier molecular flexibility index (Phi) is 6.07. The van der Waals surface area contributed by atoms with Crippen molar-refractivity contribution in [3.05, 3.63) is 53.2 Å². The van der Waals surface area contributed by atoms with E-state index >= 15 is 0 Å². The van der Waals surface area contributed by atoms with E-state index in [1.165, 1.54) is 7.11 Å². The van der Waals surface area contributed by atoms with Gasteiger partial charge in [-0.15, -0.1) is 0 Å². The van der Waals surface area contributed by atoms with Gasteiger partial charge < -0.3 is 14.4 Å². The van der Waals surface area contributed by atoms with Crippen LogP contribution in [0.5, 0.6) is 11.9 Å². The van der Waals surface area contributed by atoms with Gasteiger partial charge in [-0.25, -0.2) is 4.98 Å². The Morgan fingerprint density at radius 3 is 3.00 bits per heavy atom. The molecule has 1 aliphatic heterocycles. The van der Waals surface area contributed by atoms with E-state index in [9.17, 15) is 4.79 Å². The first kappa shape index (κ1) is 18.2. The van der Waals surface area contributed by atoms with Crippen LogP contribution < -0.4 is 9.47 Å². The fraction of sp³-hybridized carbons (Fsp3) is 0.316. The number of halogens is 1. The second-order valence-corrected chi connectivity index (χ2v) is 6.31. The molecule has 1 aromatic carbocycles. The fourth-order valence-electron chi connectivity index (χ4n) is 2.77. The van der Waals surface area contributed by atoms with Gasteiger partial charge in [-0.3, -0.25) is 4.79 Å². The van der Waals surface area contributed by atoms with Crippen molar-refractivity contribution in [1.82, 2.24) is 14.9 Å². The lowest BCUT2D eigenvalue weighted by molar-refractivity contribution is -0.128. The van der Waals surface area contributed by atoms with Crippen molar-refractivity contribution in [2.45, 2.75) is 18.9 Å². The number of hydrogen-bond donors (Lipinski definition) is 0. The Bertz CT molecular complexity index is 797. The fourth-order valence-corrected chi connectivity index (χ4v) is 2.97. The maximum Gasteiger partial charge on any atom is 0.319 e.